The summed E-state index contributed by atoms with van der Waals surface area (Å²) in [5.74, 6) is 1.31. The van der Waals surface area contributed by atoms with Crippen molar-refractivity contribution in [3.63, 3.8) is 0 Å². The maximum atomic E-state index is 6.09. The molecule has 2 heteroatoms. The Morgan fingerprint density at radius 2 is 1.35 bits per heavy atom. The molecule has 2 nitrogen and oxygen atoms in total. The molecule has 1 aromatic carbocycles. The van der Waals surface area contributed by atoms with Crippen molar-refractivity contribution < 1.29 is 9.47 Å². The van der Waals surface area contributed by atoms with Crippen LogP contribution in [-0.2, 0) is 9.47 Å². The van der Waals surface area contributed by atoms with Crippen LogP contribution in [0.5, 0.6) is 0 Å². The van der Waals surface area contributed by atoms with Crippen LogP contribution in [0.1, 0.15) is 134 Å². The first-order valence-corrected chi connectivity index (χ1v) is 13.5. The van der Waals surface area contributed by atoms with Crippen molar-refractivity contribution in [1.82, 2.24) is 0 Å². The Hall–Kier alpha value is -0.860. The third-order valence-corrected chi connectivity index (χ3v) is 7.94. The second-order valence-corrected chi connectivity index (χ2v) is 10.8. The van der Waals surface area contributed by atoms with E-state index >= 15 is 0 Å². The molecule has 1 heterocycles. The van der Waals surface area contributed by atoms with Crippen LogP contribution in [0.15, 0.2) is 24.3 Å². The normalized spacial score (nSPS) is 29.2. The van der Waals surface area contributed by atoms with Crippen molar-refractivity contribution in [2.24, 2.45) is 11.3 Å². The second-order valence-electron chi connectivity index (χ2n) is 10.8. The molecule has 176 valence electrons. The highest BCUT2D eigenvalue weighted by molar-refractivity contribution is 5.26. The lowest BCUT2D eigenvalue weighted by Crippen LogP contribution is -2.27. The largest absolute Gasteiger partial charge is 0.348 e. The molecule has 3 rings (SSSR count). The van der Waals surface area contributed by atoms with Gasteiger partial charge in [0.1, 0.15) is 0 Å². The lowest BCUT2D eigenvalue weighted by Gasteiger charge is -2.38. The maximum Gasteiger partial charge on any atom is 0.183 e. The van der Waals surface area contributed by atoms with Crippen molar-refractivity contribution >= 4 is 0 Å². The lowest BCUT2D eigenvalue weighted by atomic mass is 9.68. The highest BCUT2D eigenvalue weighted by atomic mass is 16.7. The summed E-state index contributed by atoms with van der Waals surface area (Å²) in [4.78, 5) is 0. The summed E-state index contributed by atoms with van der Waals surface area (Å²) in [6, 6.07) is 9.18. The summed E-state index contributed by atoms with van der Waals surface area (Å²) in [5.41, 5.74) is 3.28. The first kappa shape index (κ1) is 24.8. The van der Waals surface area contributed by atoms with Crippen molar-refractivity contribution in [2.45, 2.75) is 123 Å². The first-order valence-electron chi connectivity index (χ1n) is 13.5. The van der Waals surface area contributed by atoms with E-state index < -0.39 is 0 Å². The number of ether oxygens (including phenoxy) is 2. The van der Waals surface area contributed by atoms with Gasteiger partial charge in [0.25, 0.3) is 0 Å². The van der Waals surface area contributed by atoms with Crippen LogP contribution in [0, 0.1) is 11.3 Å². The Kier molecular flexibility index (Phi) is 10.4. The van der Waals surface area contributed by atoms with Gasteiger partial charge < -0.3 is 9.47 Å². The zero-order chi connectivity index (χ0) is 21.9. The molecule has 1 saturated carbocycles. The summed E-state index contributed by atoms with van der Waals surface area (Å²) >= 11 is 0. The molecule has 0 spiro atoms. The van der Waals surface area contributed by atoms with Gasteiger partial charge in [-0.1, -0.05) is 96.4 Å². The zero-order valence-corrected chi connectivity index (χ0v) is 20.7. The Morgan fingerprint density at radius 1 is 0.774 bits per heavy atom. The van der Waals surface area contributed by atoms with Crippen LogP contribution in [0.3, 0.4) is 0 Å². The van der Waals surface area contributed by atoms with Crippen LogP contribution in [0.4, 0.5) is 0 Å². The van der Waals surface area contributed by atoms with Gasteiger partial charge in [-0.2, -0.15) is 0 Å². The van der Waals surface area contributed by atoms with Crippen LogP contribution in [0.2, 0.25) is 0 Å². The molecule has 1 aromatic rings. The highest BCUT2D eigenvalue weighted by Gasteiger charge is 2.31. The number of unbranched alkanes of at least 4 members (excludes halogenated alkanes) is 6. The molecular formula is C29H48O2. The zero-order valence-electron chi connectivity index (χ0n) is 20.7. The predicted molar refractivity (Wildman–Crippen MR) is 131 cm³/mol. The van der Waals surface area contributed by atoms with E-state index in [0.29, 0.717) is 11.3 Å². The van der Waals surface area contributed by atoms with Gasteiger partial charge in [-0.3, -0.25) is 0 Å². The maximum absolute atomic E-state index is 6.09. The van der Waals surface area contributed by atoms with Gasteiger partial charge in [0.05, 0.1) is 13.2 Å². The Labute approximate surface area is 192 Å². The molecule has 0 amide bonds. The molecule has 31 heavy (non-hydrogen) atoms. The summed E-state index contributed by atoms with van der Waals surface area (Å²) in [7, 11) is 0. The fourth-order valence-electron chi connectivity index (χ4n) is 5.56. The van der Waals surface area contributed by atoms with Crippen molar-refractivity contribution in [1.29, 1.82) is 0 Å². The molecule has 0 bridgehead atoms. The molecule has 0 N–H and O–H groups in total. The summed E-state index contributed by atoms with van der Waals surface area (Å²) in [5, 5.41) is 0. The molecule has 0 radical (unpaired) electrons. The van der Waals surface area contributed by atoms with Gasteiger partial charge >= 0.3 is 0 Å². The minimum absolute atomic E-state index is 0.168. The SMILES string of the molecule is CCCCCCCC1COC(c2ccc(C3CCC(C)(CCCCC)CC3)cc2)OC1. The number of rotatable bonds is 12. The van der Waals surface area contributed by atoms with E-state index in [4.69, 9.17) is 9.47 Å². The minimum Gasteiger partial charge on any atom is -0.348 e. The van der Waals surface area contributed by atoms with Crippen LogP contribution in [-0.4, -0.2) is 13.2 Å². The van der Waals surface area contributed by atoms with E-state index in [0.717, 1.165) is 19.1 Å². The number of hydrogen-bond donors (Lipinski definition) is 0. The van der Waals surface area contributed by atoms with Crippen LogP contribution in [0.25, 0.3) is 0 Å². The van der Waals surface area contributed by atoms with Gasteiger partial charge in [0.15, 0.2) is 6.29 Å². The summed E-state index contributed by atoms with van der Waals surface area (Å²) < 4.78 is 12.2. The average molecular weight is 429 g/mol. The van der Waals surface area contributed by atoms with E-state index in [-0.39, 0.29) is 6.29 Å². The van der Waals surface area contributed by atoms with Crippen LogP contribution >= 0.6 is 0 Å². The molecule has 0 atom stereocenters. The first-order chi connectivity index (χ1) is 15.1. The van der Waals surface area contributed by atoms with E-state index in [1.807, 2.05) is 0 Å². The van der Waals surface area contributed by atoms with Crippen molar-refractivity contribution in [3.05, 3.63) is 35.4 Å². The smallest absolute Gasteiger partial charge is 0.183 e. The molecule has 2 fully saturated rings. The number of hydrogen-bond acceptors (Lipinski definition) is 2. The molecule has 1 saturated heterocycles. The van der Waals surface area contributed by atoms with E-state index in [1.165, 1.54) is 101 Å². The topological polar surface area (TPSA) is 18.5 Å². The van der Waals surface area contributed by atoms with E-state index in [2.05, 4.69) is 45.0 Å². The van der Waals surface area contributed by atoms with Crippen molar-refractivity contribution in [2.75, 3.05) is 13.2 Å². The number of benzene rings is 1. The van der Waals surface area contributed by atoms with Gasteiger partial charge in [-0.05, 0) is 55.4 Å². The Morgan fingerprint density at radius 3 is 2.00 bits per heavy atom. The third kappa shape index (κ3) is 7.90. The highest BCUT2D eigenvalue weighted by Crippen LogP contribution is 2.45. The molecular weight excluding hydrogens is 380 g/mol. The van der Waals surface area contributed by atoms with Crippen LogP contribution < -0.4 is 0 Å². The molecule has 0 aromatic heterocycles. The van der Waals surface area contributed by atoms with Gasteiger partial charge in [-0.15, -0.1) is 0 Å². The summed E-state index contributed by atoms with van der Waals surface area (Å²) in [6.45, 7) is 8.80. The molecule has 0 unspecified atom stereocenters. The van der Waals surface area contributed by atoms with Gasteiger partial charge in [0, 0.05) is 11.5 Å². The molecule has 2 aliphatic rings. The minimum atomic E-state index is -0.168. The standard InChI is InChI=1S/C29H48O2/c1-4-6-8-9-10-12-24-22-30-28(31-23-24)27-15-13-25(14-16-27)26-17-20-29(3,21-18-26)19-11-7-5-2/h13-16,24,26,28H,4-12,17-23H2,1-3H3. The average Bonchev–Trinajstić information content (AvgIpc) is 2.80. The second kappa shape index (κ2) is 13.0. The van der Waals surface area contributed by atoms with Gasteiger partial charge in [0.2, 0.25) is 0 Å². The lowest BCUT2D eigenvalue weighted by molar-refractivity contribution is -0.206. The Balaban J connectivity index is 1.39. The monoisotopic (exact) mass is 428 g/mol. The van der Waals surface area contributed by atoms with Gasteiger partial charge in [-0.25, -0.2) is 0 Å². The third-order valence-electron chi connectivity index (χ3n) is 7.94. The molecule has 1 aliphatic heterocycles. The van der Waals surface area contributed by atoms with Crippen molar-refractivity contribution in [3.8, 4) is 0 Å². The predicted octanol–water partition coefficient (Wildman–Crippen LogP) is 8.95. The Bertz CT molecular complexity index is 592. The summed E-state index contributed by atoms with van der Waals surface area (Å²) in [6.07, 6.45) is 18.8. The fourth-order valence-corrected chi connectivity index (χ4v) is 5.56. The molecule has 1 aliphatic carbocycles. The fraction of sp³-hybridized carbons (Fsp3) is 0.793. The quantitative estimate of drug-likeness (QED) is 0.309. The van der Waals surface area contributed by atoms with E-state index in [1.54, 1.807) is 0 Å². The van der Waals surface area contributed by atoms with E-state index in [9.17, 15) is 0 Å².